The highest BCUT2D eigenvalue weighted by Crippen LogP contribution is 2.35. The highest BCUT2D eigenvalue weighted by Gasteiger charge is 2.35. The molecule has 1 atom stereocenters. The molecule has 1 aliphatic rings. The van der Waals surface area contributed by atoms with Gasteiger partial charge in [-0.15, -0.1) is 0 Å². The van der Waals surface area contributed by atoms with E-state index in [4.69, 9.17) is 13.9 Å². The summed E-state index contributed by atoms with van der Waals surface area (Å²) in [5.41, 5.74) is 1.64. The van der Waals surface area contributed by atoms with E-state index in [1.54, 1.807) is 50.3 Å². The highest BCUT2D eigenvalue weighted by atomic mass is 32.1. The molecule has 0 bridgehead atoms. The summed E-state index contributed by atoms with van der Waals surface area (Å²) in [4.78, 5) is 42.3. The van der Waals surface area contributed by atoms with E-state index in [2.05, 4.69) is 4.99 Å². The minimum atomic E-state index is -0.800. The van der Waals surface area contributed by atoms with Crippen LogP contribution in [-0.2, 0) is 9.53 Å². The lowest BCUT2D eigenvalue weighted by Crippen LogP contribution is -2.40. The largest absolute Gasteiger partial charge is 0.496 e. The molecule has 0 radical (unpaired) electrons. The molecule has 0 fully saturated rings. The van der Waals surface area contributed by atoms with Gasteiger partial charge in [-0.1, -0.05) is 29.5 Å². The van der Waals surface area contributed by atoms with Crippen LogP contribution in [0, 0.1) is 10.1 Å². The van der Waals surface area contributed by atoms with Crippen LogP contribution in [0.1, 0.15) is 31.2 Å². The lowest BCUT2D eigenvalue weighted by atomic mass is 9.95. The molecule has 0 amide bonds. The van der Waals surface area contributed by atoms with Gasteiger partial charge in [0.05, 0.1) is 34.4 Å². The first-order valence-electron chi connectivity index (χ1n) is 12.0. The van der Waals surface area contributed by atoms with Crippen LogP contribution in [0.5, 0.6) is 5.75 Å². The normalized spacial score (nSPS) is 15.1. The van der Waals surface area contributed by atoms with Crippen LogP contribution in [0.15, 0.2) is 86.1 Å². The van der Waals surface area contributed by atoms with Gasteiger partial charge in [-0.3, -0.25) is 19.5 Å². The molecule has 5 rings (SSSR count). The number of nitro groups is 1. The SMILES string of the molecule is CCOC(=O)C1=C(C)N=c2s/c(=C\c3ccc(-c4ccc([N+](=O)[O-])cc4)o3)c(=O)n2[C@H]1c1ccccc1OC. The molecule has 0 unspecified atom stereocenters. The standard InChI is InChI=1S/C28H23N3O7S/c1-4-37-27(33)24-16(2)29-28-30(25(24)20-7-5-6-8-22(20)36-3)26(32)23(39-28)15-19-13-14-21(38-19)17-9-11-18(12-10-17)31(34)35/h5-15,25H,4H2,1-3H3/b23-15-/t25-/m0/s1. The van der Waals surface area contributed by atoms with Crippen molar-refractivity contribution in [1.29, 1.82) is 0 Å². The van der Waals surface area contributed by atoms with Gasteiger partial charge in [-0.2, -0.15) is 0 Å². The van der Waals surface area contributed by atoms with Crippen molar-refractivity contribution in [3.8, 4) is 17.1 Å². The van der Waals surface area contributed by atoms with E-state index in [0.717, 1.165) is 0 Å². The molecule has 2 aromatic carbocycles. The maximum atomic E-state index is 13.8. The number of non-ortho nitro benzene ring substituents is 1. The molecule has 1 aliphatic heterocycles. The number of hydrogen-bond donors (Lipinski definition) is 0. The number of benzene rings is 2. The Morgan fingerprint density at radius 3 is 2.62 bits per heavy atom. The van der Waals surface area contributed by atoms with Crippen molar-refractivity contribution in [3.63, 3.8) is 0 Å². The Labute approximate surface area is 225 Å². The summed E-state index contributed by atoms with van der Waals surface area (Å²) in [7, 11) is 1.53. The maximum Gasteiger partial charge on any atom is 0.338 e. The zero-order valence-corrected chi connectivity index (χ0v) is 22.1. The Balaban J connectivity index is 1.62. The van der Waals surface area contributed by atoms with E-state index in [1.165, 1.54) is 35.1 Å². The van der Waals surface area contributed by atoms with Crippen LogP contribution < -0.4 is 19.6 Å². The number of nitrogens with zero attached hydrogens (tertiary/aromatic N) is 3. The summed E-state index contributed by atoms with van der Waals surface area (Å²) in [6.45, 7) is 3.61. The van der Waals surface area contributed by atoms with Gasteiger partial charge < -0.3 is 13.9 Å². The van der Waals surface area contributed by atoms with Crippen LogP contribution in [0.25, 0.3) is 17.4 Å². The highest BCUT2D eigenvalue weighted by molar-refractivity contribution is 7.07. The van der Waals surface area contributed by atoms with Crippen LogP contribution in [0.3, 0.4) is 0 Å². The van der Waals surface area contributed by atoms with E-state index in [0.29, 0.717) is 43.4 Å². The fourth-order valence-electron chi connectivity index (χ4n) is 4.44. The molecular formula is C28H23N3O7S. The molecule has 0 saturated heterocycles. The third-order valence-corrected chi connectivity index (χ3v) is 7.20. The van der Waals surface area contributed by atoms with Crippen molar-refractivity contribution in [2.75, 3.05) is 13.7 Å². The first-order chi connectivity index (χ1) is 18.8. The fraction of sp³-hybridized carbons (Fsp3) is 0.179. The summed E-state index contributed by atoms with van der Waals surface area (Å²) < 4.78 is 18.7. The van der Waals surface area contributed by atoms with Crippen molar-refractivity contribution < 1.29 is 23.6 Å². The summed E-state index contributed by atoms with van der Waals surface area (Å²) >= 11 is 1.18. The monoisotopic (exact) mass is 545 g/mol. The van der Waals surface area contributed by atoms with Crippen LogP contribution >= 0.6 is 11.3 Å². The molecular weight excluding hydrogens is 522 g/mol. The van der Waals surface area contributed by atoms with Gasteiger partial charge in [-0.25, -0.2) is 9.79 Å². The Hall–Kier alpha value is -4.77. The molecule has 2 aromatic heterocycles. The lowest BCUT2D eigenvalue weighted by Gasteiger charge is -2.25. The molecule has 39 heavy (non-hydrogen) atoms. The fourth-order valence-corrected chi connectivity index (χ4v) is 5.47. The number of hydrogen-bond acceptors (Lipinski definition) is 9. The Morgan fingerprint density at radius 2 is 1.92 bits per heavy atom. The maximum absolute atomic E-state index is 13.8. The summed E-state index contributed by atoms with van der Waals surface area (Å²) in [5.74, 6) is 0.884. The second-order valence-corrected chi connectivity index (χ2v) is 9.56. The van der Waals surface area contributed by atoms with Gasteiger partial charge in [-0.05, 0) is 44.2 Å². The number of carbonyl (C=O) groups excluding carboxylic acids is 1. The molecule has 10 nitrogen and oxygen atoms in total. The number of rotatable bonds is 7. The third-order valence-electron chi connectivity index (χ3n) is 6.21. The van der Waals surface area contributed by atoms with Crippen molar-refractivity contribution >= 4 is 29.1 Å². The summed E-state index contributed by atoms with van der Waals surface area (Å²) in [5, 5.41) is 10.9. The number of methoxy groups -OCH3 is 1. The molecule has 198 valence electrons. The Bertz CT molecular complexity index is 1800. The zero-order chi connectivity index (χ0) is 27.7. The molecule has 4 aromatic rings. The predicted molar refractivity (Wildman–Crippen MR) is 144 cm³/mol. The summed E-state index contributed by atoms with van der Waals surface area (Å²) in [6, 6.07) is 15.8. The number of thiazole rings is 1. The van der Waals surface area contributed by atoms with Gasteiger partial charge in [0.1, 0.15) is 23.3 Å². The molecule has 11 heteroatoms. The van der Waals surface area contributed by atoms with Crippen LogP contribution in [-0.4, -0.2) is 29.2 Å². The van der Waals surface area contributed by atoms with Crippen LogP contribution in [0.4, 0.5) is 5.69 Å². The minimum absolute atomic E-state index is 0.0197. The number of para-hydroxylation sites is 1. The number of aromatic nitrogens is 1. The molecule has 0 saturated carbocycles. The molecule has 0 aliphatic carbocycles. The number of esters is 1. The van der Waals surface area contributed by atoms with Crippen LogP contribution in [0.2, 0.25) is 0 Å². The van der Waals surface area contributed by atoms with E-state index >= 15 is 0 Å². The third kappa shape index (κ3) is 4.79. The number of nitro benzene ring substituents is 1. The second-order valence-electron chi connectivity index (χ2n) is 8.55. The Morgan fingerprint density at radius 1 is 1.18 bits per heavy atom. The Kier molecular flexibility index (Phi) is 6.99. The van der Waals surface area contributed by atoms with E-state index in [9.17, 15) is 19.7 Å². The van der Waals surface area contributed by atoms with E-state index < -0.39 is 16.9 Å². The van der Waals surface area contributed by atoms with Crippen molar-refractivity contribution in [1.82, 2.24) is 4.57 Å². The molecule has 3 heterocycles. The van der Waals surface area contributed by atoms with Gasteiger partial charge in [0, 0.05) is 29.3 Å². The number of furan rings is 1. The predicted octanol–water partition coefficient (Wildman–Crippen LogP) is 3.98. The van der Waals surface area contributed by atoms with Gasteiger partial charge >= 0.3 is 5.97 Å². The van der Waals surface area contributed by atoms with Gasteiger partial charge in [0.25, 0.3) is 11.2 Å². The zero-order valence-electron chi connectivity index (χ0n) is 21.2. The van der Waals surface area contributed by atoms with Crippen molar-refractivity contribution in [2.24, 2.45) is 4.99 Å². The van der Waals surface area contributed by atoms with Crippen molar-refractivity contribution in [3.05, 3.63) is 113 Å². The quantitative estimate of drug-likeness (QED) is 0.195. The smallest absolute Gasteiger partial charge is 0.338 e. The first-order valence-corrected chi connectivity index (χ1v) is 12.8. The van der Waals surface area contributed by atoms with E-state index in [1.807, 2.05) is 18.2 Å². The molecule has 0 spiro atoms. The minimum Gasteiger partial charge on any atom is -0.496 e. The number of ether oxygens (including phenoxy) is 2. The second kappa shape index (κ2) is 10.5. The van der Waals surface area contributed by atoms with Gasteiger partial charge in [0.2, 0.25) is 0 Å². The first kappa shape index (κ1) is 25.9. The topological polar surface area (TPSA) is 126 Å². The number of allylic oxidation sites excluding steroid dienone is 1. The average molecular weight is 546 g/mol. The molecule has 0 N–H and O–H groups in total. The lowest BCUT2D eigenvalue weighted by molar-refractivity contribution is -0.384. The number of fused-ring (bicyclic) bond motifs is 1. The van der Waals surface area contributed by atoms with Gasteiger partial charge in [0.15, 0.2) is 4.80 Å². The number of carbonyl (C=O) groups is 1. The average Bonchev–Trinajstić information content (AvgIpc) is 3.52. The van der Waals surface area contributed by atoms with Crippen molar-refractivity contribution in [2.45, 2.75) is 19.9 Å². The summed E-state index contributed by atoms with van der Waals surface area (Å²) in [6.07, 6.45) is 1.61. The van der Waals surface area contributed by atoms with E-state index in [-0.39, 0.29) is 23.4 Å².